The van der Waals surface area contributed by atoms with Gasteiger partial charge in [0.1, 0.15) is 6.04 Å². The summed E-state index contributed by atoms with van der Waals surface area (Å²) in [7, 11) is 1.77. The second-order valence-corrected chi connectivity index (χ2v) is 11.1. The Balaban J connectivity index is 1.43. The van der Waals surface area contributed by atoms with E-state index >= 15 is 0 Å². The first-order valence-electron chi connectivity index (χ1n) is 14.2. The van der Waals surface area contributed by atoms with Crippen molar-refractivity contribution in [2.45, 2.75) is 32.4 Å². The third-order valence-electron chi connectivity index (χ3n) is 7.95. The van der Waals surface area contributed by atoms with E-state index in [0.29, 0.717) is 16.8 Å². The van der Waals surface area contributed by atoms with Crippen molar-refractivity contribution in [3.05, 3.63) is 124 Å². The highest BCUT2D eigenvalue weighted by Gasteiger charge is 2.26. The lowest BCUT2D eigenvalue weighted by molar-refractivity contribution is -0.131. The summed E-state index contributed by atoms with van der Waals surface area (Å²) in [6.45, 7) is 4.48. The van der Waals surface area contributed by atoms with E-state index in [9.17, 15) is 14.4 Å². The van der Waals surface area contributed by atoms with Gasteiger partial charge in [-0.25, -0.2) is 4.79 Å². The molecule has 9 nitrogen and oxygen atoms in total. The molecule has 0 spiro atoms. The lowest BCUT2D eigenvalue weighted by Gasteiger charge is -2.28. The van der Waals surface area contributed by atoms with Gasteiger partial charge in [0.15, 0.2) is 0 Å². The van der Waals surface area contributed by atoms with Gasteiger partial charge in [-0.3, -0.25) is 14.9 Å². The van der Waals surface area contributed by atoms with E-state index < -0.39 is 12.1 Å². The zero-order chi connectivity index (χ0) is 30.1. The van der Waals surface area contributed by atoms with Crippen LogP contribution in [-0.2, 0) is 16.1 Å². The summed E-state index contributed by atoms with van der Waals surface area (Å²) in [5, 5.41) is 7.61. The molecular formula is C34H33N5O4. The van der Waals surface area contributed by atoms with Crippen molar-refractivity contribution in [1.82, 2.24) is 14.5 Å². The van der Waals surface area contributed by atoms with Crippen molar-refractivity contribution < 1.29 is 14.3 Å². The van der Waals surface area contributed by atoms with Crippen molar-refractivity contribution >= 4 is 34.1 Å². The third-order valence-corrected chi connectivity index (χ3v) is 7.95. The number of hydrogen-bond acceptors (Lipinski definition) is 5. The summed E-state index contributed by atoms with van der Waals surface area (Å²) < 4.78 is 7.56. The van der Waals surface area contributed by atoms with Crippen LogP contribution < -0.4 is 16.2 Å². The van der Waals surface area contributed by atoms with E-state index in [1.165, 1.54) is 0 Å². The molecule has 2 atom stereocenters. The molecule has 3 aromatic carbocycles. The number of aryl methyl sites for hydroxylation is 1. The van der Waals surface area contributed by atoms with Crippen LogP contribution in [0.4, 0.5) is 16.2 Å². The monoisotopic (exact) mass is 575 g/mol. The average molecular weight is 576 g/mol. The van der Waals surface area contributed by atoms with Gasteiger partial charge in [-0.1, -0.05) is 31.2 Å². The molecule has 3 N–H and O–H groups in total. The topological polar surface area (TPSA) is 108 Å². The fraction of sp³-hybridized carbons (Fsp3) is 0.206. The number of carbonyl (C=O) groups excluding carboxylic acids is 2. The van der Waals surface area contributed by atoms with Gasteiger partial charge in [-0.15, -0.1) is 0 Å². The molecule has 7 rings (SSSR count). The summed E-state index contributed by atoms with van der Waals surface area (Å²) in [6.07, 6.45) is 4.96. The number of benzene rings is 3. The molecule has 5 aromatic rings. The quantitative estimate of drug-likeness (QED) is 0.241. The highest BCUT2D eigenvalue weighted by molar-refractivity contribution is 5.89. The highest BCUT2D eigenvalue weighted by Crippen LogP contribution is 2.30. The van der Waals surface area contributed by atoms with E-state index in [2.05, 4.69) is 15.6 Å². The maximum atomic E-state index is 14.3. The number of ether oxygens (including phenoxy) is 1. The number of amides is 2. The molecule has 0 aliphatic carbocycles. The first-order chi connectivity index (χ1) is 20.8. The van der Waals surface area contributed by atoms with Gasteiger partial charge in [-0.2, -0.15) is 0 Å². The van der Waals surface area contributed by atoms with Gasteiger partial charge in [0.05, 0.1) is 12.3 Å². The molecule has 4 bridgehead atoms. The van der Waals surface area contributed by atoms with Crippen molar-refractivity contribution in [2.75, 3.05) is 24.3 Å². The second kappa shape index (κ2) is 11.5. The lowest BCUT2D eigenvalue weighted by atomic mass is 9.93. The zero-order valence-corrected chi connectivity index (χ0v) is 24.3. The van der Waals surface area contributed by atoms with Crippen LogP contribution in [0.2, 0.25) is 0 Å². The minimum Gasteiger partial charge on any atom is -0.449 e. The Labute approximate surface area is 249 Å². The average Bonchev–Trinajstić information content (AvgIpc) is 3.53. The number of nitrogens with one attached hydrogen (secondary N) is 3. The fourth-order valence-electron chi connectivity index (χ4n) is 5.69. The van der Waals surface area contributed by atoms with Crippen LogP contribution in [0.5, 0.6) is 0 Å². The van der Waals surface area contributed by atoms with Crippen molar-refractivity contribution in [1.29, 1.82) is 0 Å². The van der Waals surface area contributed by atoms with E-state index in [0.717, 1.165) is 33.3 Å². The van der Waals surface area contributed by atoms with Crippen LogP contribution >= 0.6 is 0 Å². The van der Waals surface area contributed by atoms with Crippen LogP contribution in [0.25, 0.3) is 16.5 Å². The number of H-pyrrole nitrogens is 1. The number of aromatic nitrogens is 2. The van der Waals surface area contributed by atoms with E-state index in [1.54, 1.807) is 24.2 Å². The van der Waals surface area contributed by atoms with Crippen LogP contribution in [-0.4, -0.2) is 40.1 Å². The molecule has 9 heteroatoms. The number of aromatic amines is 1. The van der Waals surface area contributed by atoms with Gasteiger partial charge in [0.2, 0.25) is 5.91 Å². The molecular weight excluding hydrogens is 542 g/mol. The van der Waals surface area contributed by atoms with Gasteiger partial charge < -0.3 is 24.5 Å². The fourth-order valence-corrected chi connectivity index (χ4v) is 5.69. The van der Waals surface area contributed by atoms with Gasteiger partial charge in [-0.05, 0) is 83.1 Å². The molecule has 0 unspecified atom stereocenters. The maximum Gasteiger partial charge on any atom is 0.411 e. The van der Waals surface area contributed by atoms with Crippen LogP contribution in [0.15, 0.2) is 96.2 Å². The SMILES string of the molecule is Cc1cc2ccc1[C@@H](C)COC(=O)Nc1ccc(-n3cccc3)c(c1)CN(C)C(=O)[C@@H]2Nc1ccc2cc[nH]c(=O)c2c1. The number of rotatable bonds is 3. The number of nitrogens with zero attached hydrogens (tertiary/aromatic N) is 2. The Hall–Kier alpha value is -5.31. The number of fused-ring (bicyclic) bond motifs is 10. The molecule has 2 aliphatic rings. The smallest absolute Gasteiger partial charge is 0.411 e. The number of carbonyl (C=O) groups is 2. The lowest BCUT2D eigenvalue weighted by Crippen LogP contribution is -2.35. The Bertz CT molecular complexity index is 1880. The first-order valence-corrected chi connectivity index (χ1v) is 14.2. The van der Waals surface area contributed by atoms with Gasteiger partial charge in [0, 0.05) is 54.9 Å². The number of hydrogen-bond donors (Lipinski definition) is 3. The number of likely N-dealkylation sites (N-methyl/N-ethyl adjacent to an activating group) is 1. The Kier molecular flexibility index (Phi) is 7.46. The molecule has 2 amide bonds. The minimum absolute atomic E-state index is 0.0589. The molecule has 43 heavy (non-hydrogen) atoms. The molecule has 0 fully saturated rings. The molecule has 0 saturated carbocycles. The predicted molar refractivity (Wildman–Crippen MR) is 168 cm³/mol. The molecule has 0 radical (unpaired) electrons. The van der Waals surface area contributed by atoms with E-state index in [4.69, 9.17) is 4.74 Å². The summed E-state index contributed by atoms with van der Waals surface area (Å²) in [5.74, 6) is -0.207. The van der Waals surface area contributed by atoms with Gasteiger partial charge >= 0.3 is 6.09 Å². The first kappa shape index (κ1) is 27.8. The standard InChI is InChI=1S/C34H33N5O4/c1-21-16-24-7-10-28(21)22(2)20-43-34(42)37-26-9-11-30(39-14-4-5-15-39)25(17-26)19-38(3)33(41)31(24)36-27-8-6-23-12-13-35-32(40)29(23)18-27/h4-18,22,31,36H,19-20H2,1-3H3,(H,35,40)(H,37,42)/t22-,31+/m0/s1. The van der Waals surface area contributed by atoms with Gasteiger partial charge in [0.25, 0.3) is 5.56 Å². The van der Waals surface area contributed by atoms with Crippen LogP contribution in [0.3, 0.4) is 0 Å². The van der Waals surface area contributed by atoms with Crippen molar-refractivity contribution in [3.63, 3.8) is 0 Å². The minimum atomic E-state index is -0.727. The van der Waals surface area contributed by atoms with E-state index in [1.807, 2.05) is 97.5 Å². The summed E-state index contributed by atoms with van der Waals surface area (Å²) in [6, 6.07) is 22.0. The summed E-state index contributed by atoms with van der Waals surface area (Å²) in [5.41, 5.74) is 5.57. The molecule has 2 aliphatic heterocycles. The van der Waals surface area contributed by atoms with Crippen LogP contribution in [0, 0.1) is 6.92 Å². The van der Waals surface area contributed by atoms with E-state index in [-0.39, 0.29) is 30.5 Å². The normalized spacial score (nSPS) is 17.5. The Morgan fingerprint density at radius 1 is 0.953 bits per heavy atom. The zero-order valence-electron chi connectivity index (χ0n) is 24.3. The van der Waals surface area contributed by atoms with Crippen molar-refractivity contribution in [2.24, 2.45) is 0 Å². The Morgan fingerprint density at radius 2 is 1.77 bits per heavy atom. The number of anilines is 2. The highest BCUT2D eigenvalue weighted by atomic mass is 16.5. The largest absolute Gasteiger partial charge is 0.449 e. The summed E-state index contributed by atoms with van der Waals surface area (Å²) >= 11 is 0. The molecule has 218 valence electrons. The summed E-state index contributed by atoms with van der Waals surface area (Å²) in [4.78, 5) is 43.9. The number of pyridine rings is 1. The molecule has 0 saturated heterocycles. The maximum absolute atomic E-state index is 14.3. The Morgan fingerprint density at radius 3 is 2.56 bits per heavy atom. The second-order valence-electron chi connectivity index (χ2n) is 11.1. The molecule has 4 heterocycles. The van der Waals surface area contributed by atoms with Crippen LogP contribution in [0.1, 0.15) is 41.1 Å². The molecule has 2 aromatic heterocycles. The van der Waals surface area contributed by atoms with Crippen molar-refractivity contribution in [3.8, 4) is 5.69 Å². The third kappa shape index (κ3) is 5.74. The predicted octanol–water partition coefficient (Wildman–Crippen LogP) is 6.10.